The molecule has 0 aromatic rings. The van der Waals surface area contributed by atoms with Crippen molar-refractivity contribution in [1.82, 2.24) is 0 Å². The van der Waals surface area contributed by atoms with Crippen molar-refractivity contribution in [2.45, 2.75) is 67.6 Å². The first-order valence-corrected chi connectivity index (χ1v) is 8.26. The van der Waals surface area contributed by atoms with Gasteiger partial charge in [-0.25, -0.2) is 0 Å². The molecular weight excluding hydrogens is 247 g/mol. The van der Waals surface area contributed by atoms with E-state index in [-0.39, 0.29) is 12.2 Å². The Balaban J connectivity index is 4.48. The lowest BCUT2D eigenvalue weighted by molar-refractivity contribution is 0.0487. The van der Waals surface area contributed by atoms with E-state index in [1.165, 1.54) is 0 Å². The summed E-state index contributed by atoms with van der Waals surface area (Å²) in [6.45, 7) is 16.7. The molecule has 0 fully saturated rings. The van der Waals surface area contributed by atoms with E-state index in [4.69, 9.17) is 9.05 Å². The smallest absolute Gasteiger partial charge is 0.307 e. The Labute approximate surface area is 114 Å². The summed E-state index contributed by atoms with van der Waals surface area (Å²) >= 11 is 0. The molecule has 0 bridgehead atoms. The standard InChI is InChI=1S/C14H31O3P/c1-9(2)13(10(3)4)16-18(15)17-14(11(5)6)12(7)8/h9-14,18H,1-8H3. The molecule has 0 atom stereocenters. The first kappa shape index (κ1) is 18.1. The van der Waals surface area contributed by atoms with Gasteiger partial charge in [0, 0.05) is 0 Å². The van der Waals surface area contributed by atoms with Gasteiger partial charge in [-0.05, 0) is 23.7 Å². The Hall–Kier alpha value is 0.150. The molecule has 0 saturated carbocycles. The Bertz CT molecular complexity index is 209. The van der Waals surface area contributed by atoms with Gasteiger partial charge in [0.25, 0.3) is 0 Å². The monoisotopic (exact) mass is 278 g/mol. The summed E-state index contributed by atoms with van der Waals surface area (Å²) < 4.78 is 23.3. The normalized spacial score (nSPS) is 13.3. The molecule has 0 saturated heterocycles. The fraction of sp³-hybridized carbons (Fsp3) is 1.00. The van der Waals surface area contributed by atoms with Gasteiger partial charge in [0.1, 0.15) is 0 Å². The summed E-state index contributed by atoms with van der Waals surface area (Å²) in [6, 6.07) is 0. The fourth-order valence-corrected chi connectivity index (χ4v) is 3.92. The summed E-state index contributed by atoms with van der Waals surface area (Å²) in [6.07, 6.45) is -0.00673. The van der Waals surface area contributed by atoms with E-state index in [2.05, 4.69) is 55.4 Å². The molecule has 18 heavy (non-hydrogen) atoms. The largest absolute Gasteiger partial charge is 0.319 e. The van der Waals surface area contributed by atoms with Gasteiger partial charge in [-0.3, -0.25) is 4.57 Å². The molecule has 3 nitrogen and oxygen atoms in total. The van der Waals surface area contributed by atoms with E-state index in [0.29, 0.717) is 23.7 Å². The third-order valence-corrected chi connectivity index (χ3v) is 4.02. The van der Waals surface area contributed by atoms with Gasteiger partial charge in [-0.1, -0.05) is 55.4 Å². The van der Waals surface area contributed by atoms with Crippen molar-refractivity contribution < 1.29 is 13.6 Å². The van der Waals surface area contributed by atoms with Crippen molar-refractivity contribution >= 4 is 8.25 Å². The van der Waals surface area contributed by atoms with Crippen LogP contribution in [-0.2, 0) is 13.6 Å². The van der Waals surface area contributed by atoms with Gasteiger partial charge in [0.15, 0.2) is 0 Å². The van der Waals surface area contributed by atoms with E-state index >= 15 is 0 Å². The second-order valence-corrected chi connectivity index (χ2v) is 7.36. The lowest BCUT2D eigenvalue weighted by atomic mass is 9.97. The number of rotatable bonds is 8. The summed E-state index contributed by atoms with van der Waals surface area (Å²) in [4.78, 5) is 0. The molecule has 0 aliphatic rings. The third-order valence-electron chi connectivity index (χ3n) is 3.09. The second-order valence-electron chi connectivity index (χ2n) is 6.39. The van der Waals surface area contributed by atoms with Crippen LogP contribution in [0, 0.1) is 23.7 Å². The molecule has 0 radical (unpaired) electrons. The van der Waals surface area contributed by atoms with Crippen molar-refractivity contribution in [2.24, 2.45) is 23.7 Å². The van der Waals surface area contributed by atoms with Crippen molar-refractivity contribution in [1.29, 1.82) is 0 Å². The highest BCUT2D eigenvalue weighted by Gasteiger charge is 2.25. The predicted octanol–water partition coefficient (Wildman–Crippen LogP) is 4.77. The van der Waals surface area contributed by atoms with Crippen LogP contribution in [0.15, 0.2) is 0 Å². The predicted molar refractivity (Wildman–Crippen MR) is 78.1 cm³/mol. The molecule has 0 rings (SSSR count). The zero-order valence-corrected chi connectivity index (χ0v) is 14.2. The molecule has 4 heteroatoms. The van der Waals surface area contributed by atoms with E-state index in [0.717, 1.165) is 0 Å². The maximum atomic E-state index is 12.0. The molecule has 0 amide bonds. The van der Waals surface area contributed by atoms with Crippen LogP contribution in [-0.4, -0.2) is 12.2 Å². The zero-order chi connectivity index (χ0) is 14.5. The van der Waals surface area contributed by atoms with Crippen LogP contribution in [0.3, 0.4) is 0 Å². The lowest BCUT2D eigenvalue weighted by Crippen LogP contribution is -2.26. The van der Waals surface area contributed by atoms with E-state index < -0.39 is 8.25 Å². The van der Waals surface area contributed by atoms with E-state index in [1.807, 2.05) is 0 Å². The molecule has 0 aliphatic heterocycles. The number of hydrogen-bond donors (Lipinski definition) is 0. The molecule has 110 valence electrons. The first-order chi connectivity index (χ1) is 8.16. The lowest BCUT2D eigenvalue weighted by Gasteiger charge is -2.28. The average Bonchev–Trinajstić information content (AvgIpc) is 2.20. The highest BCUT2D eigenvalue weighted by molar-refractivity contribution is 7.33. The van der Waals surface area contributed by atoms with Gasteiger partial charge in [-0.15, -0.1) is 0 Å². The van der Waals surface area contributed by atoms with Crippen LogP contribution < -0.4 is 0 Å². The molecule has 0 unspecified atom stereocenters. The average molecular weight is 278 g/mol. The van der Waals surface area contributed by atoms with Crippen molar-refractivity contribution in [3.8, 4) is 0 Å². The summed E-state index contributed by atoms with van der Waals surface area (Å²) in [5.41, 5.74) is 0. The minimum absolute atomic E-state index is 0.00337. The van der Waals surface area contributed by atoms with Crippen molar-refractivity contribution in [3.63, 3.8) is 0 Å². The maximum absolute atomic E-state index is 12.0. The third kappa shape index (κ3) is 6.36. The Kier molecular flexibility index (Phi) is 8.42. The molecule has 0 N–H and O–H groups in total. The van der Waals surface area contributed by atoms with Gasteiger partial charge in [-0.2, -0.15) is 0 Å². The van der Waals surface area contributed by atoms with Crippen LogP contribution in [0.5, 0.6) is 0 Å². The molecule has 0 aliphatic carbocycles. The van der Waals surface area contributed by atoms with Gasteiger partial charge >= 0.3 is 8.25 Å². The van der Waals surface area contributed by atoms with E-state index in [9.17, 15) is 4.57 Å². The van der Waals surface area contributed by atoms with Crippen molar-refractivity contribution in [3.05, 3.63) is 0 Å². The maximum Gasteiger partial charge on any atom is 0.319 e. The highest BCUT2D eigenvalue weighted by atomic mass is 31.1. The zero-order valence-electron chi connectivity index (χ0n) is 13.2. The van der Waals surface area contributed by atoms with Gasteiger partial charge in [0.2, 0.25) is 0 Å². The minimum atomic E-state index is -2.42. The van der Waals surface area contributed by atoms with Crippen LogP contribution in [0.25, 0.3) is 0 Å². The quantitative estimate of drug-likeness (QED) is 0.600. The van der Waals surface area contributed by atoms with Gasteiger partial charge in [0.05, 0.1) is 12.2 Å². The highest BCUT2D eigenvalue weighted by Crippen LogP contribution is 2.36. The van der Waals surface area contributed by atoms with E-state index in [1.54, 1.807) is 0 Å². The van der Waals surface area contributed by atoms with Crippen LogP contribution in [0.2, 0.25) is 0 Å². The molecule has 0 heterocycles. The first-order valence-electron chi connectivity index (χ1n) is 7.04. The van der Waals surface area contributed by atoms with Crippen LogP contribution in [0.1, 0.15) is 55.4 Å². The molecule has 0 aromatic heterocycles. The summed E-state index contributed by atoms with van der Waals surface area (Å²) in [7, 11) is -2.42. The van der Waals surface area contributed by atoms with Crippen LogP contribution in [0.4, 0.5) is 0 Å². The van der Waals surface area contributed by atoms with Crippen LogP contribution >= 0.6 is 8.25 Å². The summed E-state index contributed by atoms with van der Waals surface area (Å²) in [5, 5.41) is 0. The Morgan fingerprint density at radius 3 is 1.00 bits per heavy atom. The minimum Gasteiger partial charge on any atom is -0.307 e. The van der Waals surface area contributed by atoms with Crippen molar-refractivity contribution in [2.75, 3.05) is 0 Å². The summed E-state index contributed by atoms with van der Waals surface area (Å²) in [5.74, 6) is 1.39. The Morgan fingerprint density at radius 1 is 0.611 bits per heavy atom. The molecule has 0 spiro atoms. The van der Waals surface area contributed by atoms with Gasteiger partial charge < -0.3 is 9.05 Å². The fourth-order valence-electron chi connectivity index (χ4n) is 2.33. The number of hydrogen-bond acceptors (Lipinski definition) is 3. The second kappa shape index (κ2) is 8.35. The Morgan fingerprint density at radius 2 is 0.833 bits per heavy atom. The molecule has 0 aromatic carbocycles. The topological polar surface area (TPSA) is 35.5 Å². The molecular formula is C14H31O3P. The SMILES string of the molecule is CC(C)C(O[PH](=O)OC(C(C)C)C(C)C)C(C)C.